The molecular formula is C18H25N3O2. The lowest BCUT2D eigenvalue weighted by atomic mass is 10.1. The quantitative estimate of drug-likeness (QED) is 0.930. The van der Waals surface area contributed by atoms with Crippen molar-refractivity contribution in [2.75, 3.05) is 32.7 Å². The van der Waals surface area contributed by atoms with Gasteiger partial charge in [0.05, 0.1) is 0 Å². The molecule has 0 bridgehead atoms. The Bertz CT molecular complexity index is 566. The van der Waals surface area contributed by atoms with Crippen molar-refractivity contribution in [2.24, 2.45) is 5.92 Å². The molecule has 0 aromatic heterocycles. The maximum absolute atomic E-state index is 12.6. The second-order valence-corrected chi connectivity index (χ2v) is 6.63. The molecule has 3 rings (SSSR count). The fraction of sp³-hybridized carbons (Fsp3) is 0.556. The molecule has 5 nitrogen and oxygen atoms in total. The van der Waals surface area contributed by atoms with Gasteiger partial charge >= 0.3 is 6.03 Å². The first-order chi connectivity index (χ1) is 11.1. The number of nitrogens with zero attached hydrogens (tertiary/aromatic N) is 2. The number of amides is 3. The van der Waals surface area contributed by atoms with Crippen LogP contribution in [0.15, 0.2) is 24.3 Å². The molecule has 1 saturated heterocycles. The Labute approximate surface area is 137 Å². The average molecular weight is 315 g/mol. The lowest BCUT2D eigenvalue weighted by Crippen LogP contribution is -2.43. The summed E-state index contributed by atoms with van der Waals surface area (Å²) < 4.78 is 0. The minimum Gasteiger partial charge on any atom is -0.338 e. The molecule has 3 amide bonds. The summed E-state index contributed by atoms with van der Waals surface area (Å²) >= 11 is 0. The van der Waals surface area contributed by atoms with Crippen LogP contribution < -0.4 is 5.32 Å². The molecule has 1 aliphatic carbocycles. The summed E-state index contributed by atoms with van der Waals surface area (Å²) in [6.45, 7) is 5.44. The number of urea groups is 1. The van der Waals surface area contributed by atoms with E-state index in [1.807, 2.05) is 41.0 Å². The topological polar surface area (TPSA) is 52.7 Å². The van der Waals surface area contributed by atoms with Gasteiger partial charge in [0.15, 0.2) is 0 Å². The highest BCUT2D eigenvalue weighted by molar-refractivity contribution is 5.94. The second kappa shape index (κ2) is 7.02. The van der Waals surface area contributed by atoms with Crippen LogP contribution >= 0.6 is 0 Å². The van der Waals surface area contributed by atoms with Crippen LogP contribution in [0.5, 0.6) is 0 Å². The zero-order chi connectivity index (χ0) is 16.2. The molecule has 0 radical (unpaired) electrons. The van der Waals surface area contributed by atoms with Crippen LogP contribution in [0.2, 0.25) is 0 Å². The number of carbonyl (C=O) groups is 2. The van der Waals surface area contributed by atoms with Gasteiger partial charge in [0, 0.05) is 38.3 Å². The number of hydrogen-bond acceptors (Lipinski definition) is 2. The van der Waals surface area contributed by atoms with E-state index in [4.69, 9.17) is 0 Å². The van der Waals surface area contributed by atoms with Gasteiger partial charge in [-0.3, -0.25) is 4.79 Å². The van der Waals surface area contributed by atoms with Crippen LogP contribution in [0, 0.1) is 12.8 Å². The summed E-state index contributed by atoms with van der Waals surface area (Å²) in [6.07, 6.45) is 3.30. The summed E-state index contributed by atoms with van der Waals surface area (Å²) in [5, 5.41) is 3.01. The number of aryl methyl sites for hydroxylation is 1. The molecule has 0 unspecified atom stereocenters. The number of nitrogens with one attached hydrogen (secondary N) is 1. The lowest BCUT2D eigenvalue weighted by Gasteiger charge is -2.22. The van der Waals surface area contributed by atoms with Crippen molar-refractivity contribution in [3.63, 3.8) is 0 Å². The average Bonchev–Trinajstić information content (AvgIpc) is 3.39. The van der Waals surface area contributed by atoms with Crippen LogP contribution in [-0.2, 0) is 0 Å². The van der Waals surface area contributed by atoms with E-state index >= 15 is 0 Å². The van der Waals surface area contributed by atoms with Crippen LogP contribution in [0.1, 0.15) is 35.2 Å². The van der Waals surface area contributed by atoms with Crippen LogP contribution in [-0.4, -0.2) is 54.5 Å². The van der Waals surface area contributed by atoms with Gasteiger partial charge in [0.1, 0.15) is 0 Å². The molecule has 0 spiro atoms. The Balaban J connectivity index is 1.53. The fourth-order valence-electron chi connectivity index (χ4n) is 2.87. The Morgan fingerprint density at radius 3 is 2.39 bits per heavy atom. The smallest absolute Gasteiger partial charge is 0.317 e. The van der Waals surface area contributed by atoms with E-state index in [1.165, 1.54) is 12.8 Å². The third-order valence-corrected chi connectivity index (χ3v) is 4.61. The maximum atomic E-state index is 12.6. The van der Waals surface area contributed by atoms with Crippen molar-refractivity contribution in [2.45, 2.75) is 26.2 Å². The Morgan fingerprint density at radius 2 is 1.70 bits per heavy atom. The van der Waals surface area contributed by atoms with E-state index in [0.717, 1.165) is 24.1 Å². The Hall–Kier alpha value is -2.04. The molecule has 1 aromatic rings. The number of hydrogen-bond donors (Lipinski definition) is 1. The van der Waals surface area contributed by atoms with Crippen molar-refractivity contribution in [3.05, 3.63) is 35.4 Å². The summed E-state index contributed by atoms with van der Waals surface area (Å²) in [6, 6.07) is 7.69. The summed E-state index contributed by atoms with van der Waals surface area (Å²) in [7, 11) is 0. The molecule has 2 fully saturated rings. The third kappa shape index (κ3) is 4.24. The van der Waals surface area contributed by atoms with E-state index in [2.05, 4.69) is 5.32 Å². The Kier molecular flexibility index (Phi) is 4.84. The van der Waals surface area contributed by atoms with Crippen molar-refractivity contribution < 1.29 is 9.59 Å². The maximum Gasteiger partial charge on any atom is 0.317 e. The first kappa shape index (κ1) is 15.8. The fourth-order valence-corrected chi connectivity index (χ4v) is 2.87. The van der Waals surface area contributed by atoms with Crippen LogP contribution in [0.4, 0.5) is 4.79 Å². The molecule has 23 heavy (non-hydrogen) atoms. The zero-order valence-electron chi connectivity index (χ0n) is 13.8. The first-order valence-electron chi connectivity index (χ1n) is 8.52. The predicted octanol–water partition coefficient (Wildman–Crippen LogP) is 2.26. The molecule has 124 valence electrons. The molecule has 5 heteroatoms. The minimum absolute atomic E-state index is 0.0153. The van der Waals surface area contributed by atoms with Crippen molar-refractivity contribution >= 4 is 11.9 Å². The summed E-state index contributed by atoms with van der Waals surface area (Å²) in [5.41, 5.74) is 1.87. The van der Waals surface area contributed by atoms with Crippen LogP contribution in [0.25, 0.3) is 0 Å². The van der Waals surface area contributed by atoms with Gasteiger partial charge in [0.2, 0.25) is 0 Å². The SMILES string of the molecule is Cc1ccc(C(=O)N2CCCN(C(=O)NCC3CC3)CC2)cc1. The second-order valence-electron chi connectivity index (χ2n) is 6.63. The highest BCUT2D eigenvalue weighted by Gasteiger charge is 2.25. The lowest BCUT2D eigenvalue weighted by molar-refractivity contribution is 0.0762. The summed E-state index contributed by atoms with van der Waals surface area (Å²) in [4.78, 5) is 28.4. The molecular weight excluding hydrogens is 290 g/mol. The first-order valence-corrected chi connectivity index (χ1v) is 8.52. The van der Waals surface area contributed by atoms with Gasteiger partial charge in [-0.25, -0.2) is 4.79 Å². The molecule has 1 aromatic carbocycles. The predicted molar refractivity (Wildman–Crippen MR) is 89.4 cm³/mol. The van der Waals surface area contributed by atoms with E-state index in [1.54, 1.807) is 0 Å². The monoisotopic (exact) mass is 315 g/mol. The van der Waals surface area contributed by atoms with Gasteiger partial charge in [0.25, 0.3) is 5.91 Å². The minimum atomic E-state index is 0.0153. The largest absolute Gasteiger partial charge is 0.338 e. The molecule has 2 aliphatic rings. The molecule has 1 saturated carbocycles. The van der Waals surface area contributed by atoms with E-state index < -0.39 is 0 Å². The van der Waals surface area contributed by atoms with E-state index in [0.29, 0.717) is 32.1 Å². The number of carbonyl (C=O) groups excluding carboxylic acids is 2. The van der Waals surface area contributed by atoms with Gasteiger partial charge in [-0.15, -0.1) is 0 Å². The third-order valence-electron chi connectivity index (χ3n) is 4.61. The van der Waals surface area contributed by atoms with E-state index in [-0.39, 0.29) is 11.9 Å². The van der Waals surface area contributed by atoms with Crippen molar-refractivity contribution in [1.82, 2.24) is 15.1 Å². The molecule has 0 atom stereocenters. The van der Waals surface area contributed by atoms with Gasteiger partial charge in [-0.05, 0) is 44.2 Å². The van der Waals surface area contributed by atoms with Gasteiger partial charge in [-0.2, -0.15) is 0 Å². The summed E-state index contributed by atoms with van der Waals surface area (Å²) in [5.74, 6) is 0.746. The van der Waals surface area contributed by atoms with Gasteiger partial charge < -0.3 is 15.1 Å². The number of rotatable bonds is 3. The highest BCUT2D eigenvalue weighted by Crippen LogP contribution is 2.27. The van der Waals surface area contributed by atoms with Gasteiger partial charge in [-0.1, -0.05) is 17.7 Å². The molecule has 1 aliphatic heterocycles. The number of benzene rings is 1. The zero-order valence-corrected chi connectivity index (χ0v) is 13.8. The van der Waals surface area contributed by atoms with Crippen molar-refractivity contribution in [1.29, 1.82) is 0 Å². The van der Waals surface area contributed by atoms with E-state index in [9.17, 15) is 9.59 Å². The van der Waals surface area contributed by atoms with Crippen LogP contribution in [0.3, 0.4) is 0 Å². The molecule has 1 heterocycles. The standard InChI is InChI=1S/C18H25N3O2/c1-14-3-7-16(8-4-14)17(22)20-9-2-10-21(12-11-20)18(23)19-13-15-5-6-15/h3-4,7-8,15H,2,5-6,9-13H2,1H3,(H,19,23). The van der Waals surface area contributed by atoms with Crippen molar-refractivity contribution in [3.8, 4) is 0 Å². The molecule has 1 N–H and O–H groups in total. The Morgan fingerprint density at radius 1 is 1.04 bits per heavy atom. The highest BCUT2D eigenvalue weighted by atomic mass is 16.2. The normalized spacial score (nSPS) is 18.5.